The Kier molecular flexibility index (Phi) is 9.96. The van der Waals surface area contributed by atoms with Gasteiger partial charge in [0.15, 0.2) is 0 Å². The maximum atomic E-state index is 12.3. The van der Waals surface area contributed by atoms with E-state index in [2.05, 4.69) is 23.5 Å². The monoisotopic (exact) mass is 427 g/mol. The van der Waals surface area contributed by atoms with Gasteiger partial charge in [0.2, 0.25) is 0 Å². The molecule has 3 atom stereocenters. The first kappa shape index (κ1) is 24.4. The quantitative estimate of drug-likeness (QED) is 0.335. The van der Waals surface area contributed by atoms with E-state index in [0.29, 0.717) is 17.8 Å². The normalized spacial score (nSPS) is 15.0. The summed E-state index contributed by atoms with van der Waals surface area (Å²) in [6.45, 7) is 8.81. The van der Waals surface area contributed by atoms with Crippen LogP contribution in [-0.4, -0.2) is 39.7 Å². The lowest BCUT2D eigenvalue weighted by atomic mass is 10.0. The zero-order chi connectivity index (χ0) is 21.3. The van der Waals surface area contributed by atoms with Gasteiger partial charge in [-0.2, -0.15) is 0 Å². The SMILES string of the molecule is C/C=C(CO)\N=C(/C)[C@H](Cc1ccc(N[S+]([O-])P)cc1)NC(=O)OC(C)(C)C. The number of ether oxygens (including phenoxy) is 1. The number of aliphatic hydroxyl groups is 1. The number of hydrogen-bond donors (Lipinski definition) is 3. The molecular formula is C19H30N3O4PS. The van der Waals surface area contributed by atoms with E-state index in [4.69, 9.17) is 4.74 Å². The first-order chi connectivity index (χ1) is 13.0. The number of amides is 1. The number of hydrogen-bond acceptors (Lipinski definition) is 6. The molecule has 7 nitrogen and oxygen atoms in total. The van der Waals surface area contributed by atoms with Crippen LogP contribution in [0, 0.1) is 0 Å². The molecule has 0 saturated carbocycles. The lowest BCUT2D eigenvalue weighted by Crippen LogP contribution is -2.44. The highest BCUT2D eigenvalue weighted by Gasteiger charge is 2.21. The van der Waals surface area contributed by atoms with Gasteiger partial charge in [0.05, 0.1) is 35.0 Å². The molecule has 1 aromatic carbocycles. The molecule has 1 aromatic rings. The second-order valence-electron chi connectivity index (χ2n) is 7.19. The number of allylic oxidation sites excluding steroid dienone is 1. The minimum Gasteiger partial charge on any atom is -0.592 e. The average molecular weight is 428 g/mol. The maximum absolute atomic E-state index is 12.3. The van der Waals surface area contributed by atoms with Crippen molar-refractivity contribution in [2.24, 2.45) is 4.99 Å². The van der Waals surface area contributed by atoms with Gasteiger partial charge in [-0.05, 0) is 58.7 Å². The average Bonchev–Trinajstić information content (AvgIpc) is 2.58. The number of benzene rings is 1. The van der Waals surface area contributed by atoms with E-state index in [1.54, 1.807) is 40.7 Å². The van der Waals surface area contributed by atoms with Crippen molar-refractivity contribution in [2.75, 3.05) is 11.3 Å². The van der Waals surface area contributed by atoms with Crippen molar-refractivity contribution in [3.63, 3.8) is 0 Å². The number of nitrogens with zero attached hydrogens (tertiary/aromatic N) is 1. The van der Waals surface area contributed by atoms with Gasteiger partial charge in [0, 0.05) is 5.71 Å². The number of anilines is 1. The molecule has 28 heavy (non-hydrogen) atoms. The first-order valence-electron chi connectivity index (χ1n) is 8.86. The van der Waals surface area contributed by atoms with Crippen LogP contribution in [-0.2, 0) is 22.1 Å². The van der Waals surface area contributed by atoms with Gasteiger partial charge in [0.25, 0.3) is 0 Å². The van der Waals surface area contributed by atoms with Crippen molar-refractivity contribution in [1.29, 1.82) is 0 Å². The maximum Gasteiger partial charge on any atom is 0.408 e. The van der Waals surface area contributed by atoms with Gasteiger partial charge in [-0.25, -0.2) is 9.52 Å². The lowest BCUT2D eigenvalue weighted by Gasteiger charge is -2.24. The zero-order valence-corrected chi connectivity index (χ0v) is 19.0. The summed E-state index contributed by atoms with van der Waals surface area (Å²) in [6, 6.07) is 7.00. The second kappa shape index (κ2) is 11.4. The van der Waals surface area contributed by atoms with E-state index >= 15 is 0 Å². The van der Waals surface area contributed by atoms with E-state index in [0.717, 1.165) is 11.3 Å². The fourth-order valence-corrected chi connectivity index (χ4v) is 3.09. The van der Waals surface area contributed by atoms with Crippen molar-refractivity contribution < 1.29 is 19.2 Å². The van der Waals surface area contributed by atoms with Crippen LogP contribution in [0.15, 0.2) is 41.0 Å². The van der Waals surface area contributed by atoms with Crippen molar-refractivity contribution in [3.05, 3.63) is 41.6 Å². The van der Waals surface area contributed by atoms with E-state index in [1.165, 1.54) is 0 Å². The minimum absolute atomic E-state index is 0.181. The predicted octanol–water partition coefficient (Wildman–Crippen LogP) is 3.35. The zero-order valence-electron chi connectivity index (χ0n) is 17.0. The number of rotatable bonds is 8. The van der Waals surface area contributed by atoms with E-state index in [9.17, 15) is 14.5 Å². The van der Waals surface area contributed by atoms with Gasteiger partial charge < -0.3 is 19.7 Å². The molecular weight excluding hydrogens is 397 g/mol. The highest BCUT2D eigenvalue weighted by atomic mass is 32.7. The number of alkyl carbamates (subject to hydrolysis) is 1. The van der Waals surface area contributed by atoms with Crippen molar-refractivity contribution in [1.82, 2.24) is 5.32 Å². The fourth-order valence-electron chi connectivity index (χ4n) is 2.31. The number of carbonyl (C=O) groups is 1. The Labute approximate surface area is 172 Å². The highest BCUT2D eigenvalue weighted by molar-refractivity contribution is 8.38. The molecule has 0 saturated heterocycles. The Hall–Kier alpha value is -1.60. The van der Waals surface area contributed by atoms with Crippen LogP contribution in [0.4, 0.5) is 10.5 Å². The molecule has 3 N–H and O–H groups in total. The smallest absolute Gasteiger partial charge is 0.408 e. The summed E-state index contributed by atoms with van der Waals surface area (Å²) in [4.78, 5) is 16.7. The lowest BCUT2D eigenvalue weighted by molar-refractivity contribution is 0.0518. The molecule has 0 aliphatic heterocycles. The summed E-state index contributed by atoms with van der Waals surface area (Å²) in [5.74, 6) is 0. The van der Waals surface area contributed by atoms with Crippen molar-refractivity contribution in [3.8, 4) is 0 Å². The minimum atomic E-state index is -1.22. The molecule has 9 heteroatoms. The summed E-state index contributed by atoms with van der Waals surface area (Å²) in [6.07, 6.45) is 1.67. The van der Waals surface area contributed by atoms with Crippen LogP contribution in [0.5, 0.6) is 0 Å². The molecule has 0 spiro atoms. The first-order valence-corrected chi connectivity index (χ1v) is 11.5. The molecule has 0 aliphatic rings. The third-order valence-electron chi connectivity index (χ3n) is 3.62. The van der Waals surface area contributed by atoms with Crippen LogP contribution in [0.1, 0.15) is 40.2 Å². The van der Waals surface area contributed by atoms with E-state index in [1.807, 2.05) is 24.3 Å². The van der Waals surface area contributed by atoms with Gasteiger partial charge in [0.1, 0.15) is 14.0 Å². The second-order valence-corrected chi connectivity index (χ2v) is 9.27. The van der Waals surface area contributed by atoms with Crippen LogP contribution < -0.4 is 10.0 Å². The highest BCUT2D eigenvalue weighted by Crippen LogP contribution is 2.16. The number of aliphatic imine (C=N–C) groups is 1. The fraction of sp³-hybridized carbons (Fsp3) is 0.474. The molecule has 156 valence electrons. The Bertz CT molecular complexity index is 700. The summed E-state index contributed by atoms with van der Waals surface area (Å²) in [7, 11) is 0.949. The molecule has 0 bridgehead atoms. The number of aliphatic hydroxyl groups excluding tert-OH is 1. The topological polar surface area (TPSA) is 106 Å². The third kappa shape index (κ3) is 9.55. The number of carbonyl (C=O) groups excluding carboxylic acids is 1. The standard InChI is InChI=1S/C19H30N3O4PS/c1-6-15(12-23)20-13(2)17(21-18(24)26-19(3,4)5)11-14-7-9-16(10-8-14)22-28(25)27/h6-10,17,22-23H,11-12,27H2,1-5H3,(H,21,24)/b15-6-,20-13+/t17-,28?/m0/s1. The summed E-state index contributed by atoms with van der Waals surface area (Å²) in [5, 5.41) is 12.2. The van der Waals surface area contributed by atoms with Crippen LogP contribution in [0.3, 0.4) is 0 Å². The van der Waals surface area contributed by atoms with Gasteiger partial charge >= 0.3 is 6.09 Å². The van der Waals surface area contributed by atoms with E-state index < -0.39 is 28.7 Å². The molecule has 1 amide bonds. The summed E-state index contributed by atoms with van der Waals surface area (Å²) >= 11 is 0. The third-order valence-corrected chi connectivity index (χ3v) is 4.41. The molecule has 1 rings (SSSR count). The largest absolute Gasteiger partial charge is 0.592 e. The molecule has 0 aliphatic carbocycles. The Morgan fingerprint density at radius 2 is 2.00 bits per heavy atom. The molecule has 2 unspecified atom stereocenters. The molecule has 0 radical (unpaired) electrons. The van der Waals surface area contributed by atoms with E-state index in [-0.39, 0.29) is 6.61 Å². The Balaban J connectivity index is 3.01. The molecule has 0 heterocycles. The Morgan fingerprint density at radius 3 is 2.46 bits per heavy atom. The van der Waals surface area contributed by atoms with Crippen LogP contribution in [0.2, 0.25) is 0 Å². The van der Waals surface area contributed by atoms with Crippen molar-refractivity contribution >= 4 is 36.9 Å². The van der Waals surface area contributed by atoms with Gasteiger partial charge in [-0.1, -0.05) is 18.2 Å². The van der Waals surface area contributed by atoms with Gasteiger partial charge in [-0.3, -0.25) is 4.99 Å². The van der Waals surface area contributed by atoms with Crippen molar-refractivity contribution in [2.45, 2.75) is 52.7 Å². The molecule has 0 fully saturated rings. The summed E-state index contributed by atoms with van der Waals surface area (Å²) < 4.78 is 19.4. The predicted molar refractivity (Wildman–Crippen MR) is 119 cm³/mol. The van der Waals surface area contributed by atoms with Gasteiger partial charge in [-0.15, -0.1) is 0 Å². The number of nitrogens with one attached hydrogen (secondary N) is 2. The Morgan fingerprint density at radius 1 is 1.39 bits per heavy atom. The summed E-state index contributed by atoms with van der Waals surface area (Å²) in [5.41, 5.74) is 2.26. The van der Waals surface area contributed by atoms with Crippen LogP contribution in [0.25, 0.3) is 0 Å². The molecule has 0 aromatic heterocycles. The van der Waals surface area contributed by atoms with Crippen LogP contribution >= 0.6 is 8.44 Å².